The van der Waals surface area contributed by atoms with Crippen LogP contribution in [-0.2, 0) is 16.4 Å². The fourth-order valence-electron chi connectivity index (χ4n) is 3.26. The Labute approximate surface area is 142 Å². The van der Waals surface area contributed by atoms with Crippen molar-refractivity contribution in [2.45, 2.75) is 32.9 Å². The second-order valence-electron chi connectivity index (χ2n) is 6.42. The molecule has 130 valence electrons. The third kappa shape index (κ3) is 3.13. The van der Waals surface area contributed by atoms with Gasteiger partial charge >= 0.3 is 0 Å². The molecule has 7 heteroatoms. The predicted molar refractivity (Wildman–Crippen MR) is 90.9 cm³/mol. The lowest BCUT2D eigenvalue weighted by atomic mass is 10.1. The van der Waals surface area contributed by atoms with E-state index < -0.39 is 9.84 Å². The molecule has 0 N–H and O–H groups in total. The van der Waals surface area contributed by atoms with E-state index in [1.807, 2.05) is 36.6 Å². The van der Waals surface area contributed by atoms with E-state index in [1.165, 1.54) is 0 Å². The van der Waals surface area contributed by atoms with Crippen LogP contribution in [0, 0.1) is 13.8 Å². The first-order valence-corrected chi connectivity index (χ1v) is 9.77. The van der Waals surface area contributed by atoms with Gasteiger partial charge in [0.25, 0.3) is 5.91 Å². The molecule has 1 atom stereocenters. The fraction of sp³-hybridized carbons (Fsp3) is 0.471. The number of aromatic nitrogens is 1. The smallest absolute Gasteiger partial charge is 0.255 e. The highest BCUT2D eigenvalue weighted by atomic mass is 32.2. The molecule has 1 aliphatic rings. The summed E-state index contributed by atoms with van der Waals surface area (Å²) in [4.78, 5) is 14.4. The minimum absolute atomic E-state index is 0.0559. The SMILES string of the molecule is Cc1cc(C(=O)N(C)[C@@H]2CCS(=O)(=O)C2)c(C)n1Cc1ccco1. The van der Waals surface area contributed by atoms with Crippen LogP contribution in [0.5, 0.6) is 0 Å². The Morgan fingerprint density at radius 3 is 2.75 bits per heavy atom. The number of carbonyl (C=O) groups is 1. The molecule has 0 spiro atoms. The number of rotatable bonds is 4. The van der Waals surface area contributed by atoms with Crippen molar-refractivity contribution < 1.29 is 17.6 Å². The molecule has 0 bridgehead atoms. The Hall–Kier alpha value is -2.02. The second kappa shape index (κ2) is 6.12. The van der Waals surface area contributed by atoms with Crippen LogP contribution in [0.4, 0.5) is 0 Å². The zero-order valence-corrected chi connectivity index (χ0v) is 15.0. The van der Waals surface area contributed by atoms with Gasteiger partial charge in [0.2, 0.25) is 0 Å². The van der Waals surface area contributed by atoms with Gasteiger partial charge in [-0.25, -0.2) is 8.42 Å². The van der Waals surface area contributed by atoms with E-state index in [0.29, 0.717) is 18.5 Å². The third-order valence-corrected chi connectivity index (χ3v) is 6.52. The molecular formula is C17H22N2O4S. The zero-order chi connectivity index (χ0) is 17.5. The summed E-state index contributed by atoms with van der Waals surface area (Å²) in [5.41, 5.74) is 2.45. The van der Waals surface area contributed by atoms with Gasteiger partial charge in [-0.3, -0.25) is 4.79 Å². The van der Waals surface area contributed by atoms with Crippen LogP contribution >= 0.6 is 0 Å². The standard InChI is InChI=1S/C17H22N2O4S/c1-12-9-16(13(2)19(12)10-15-5-4-7-23-15)17(20)18(3)14-6-8-24(21,22)11-14/h4-5,7,9,14H,6,8,10-11H2,1-3H3/t14-/m1/s1. The van der Waals surface area contributed by atoms with E-state index in [0.717, 1.165) is 17.1 Å². The molecule has 1 fully saturated rings. The van der Waals surface area contributed by atoms with Gasteiger partial charge in [0.15, 0.2) is 9.84 Å². The first-order chi connectivity index (χ1) is 11.3. The van der Waals surface area contributed by atoms with E-state index in [-0.39, 0.29) is 23.5 Å². The minimum Gasteiger partial charge on any atom is -0.467 e. The Kier molecular flexibility index (Phi) is 4.29. The molecule has 0 unspecified atom stereocenters. The predicted octanol–water partition coefficient (Wildman–Crippen LogP) is 2.01. The molecule has 3 rings (SSSR count). The lowest BCUT2D eigenvalue weighted by Gasteiger charge is -2.23. The van der Waals surface area contributed by atoms with Gasteiger partial charge in [0, 0.05) is 24.5 Å². The quantitative estimate of drug-likeness (QED) is 0.845. The summed E-state index contributed by atoms with van der Waals surface area (Å²) >= 11 is 0. The van der Waals surface area contributed by atoms with Crippen molar-refractivity contribution >= 4 is 15.7 Å². The van der Waals surface area contributed by atoms with Crippen molar-refractivity contribution in [2.75, 3.05) is 18.6 Å². The summed E-state index contributed by atoms with van der Waals surface area (Å²) in [6.45, 7) is 4.43. The van der Waals surface area contributed by atoms with Crippen molar-refractivity contribution in [1.82, 2.24) is 9.47 Å². The maximum Gasteiger partial charge on any atom is 0.255 e. The summed E-state index contributed by atoms with van der Waals surface area (Å²) in [5, 5.41) is 0. The monoisotopic (exact) mass is 350 g/mol. The fourth-order valence-corrected chi connectivity index (χ4v) is 5.03. The van der Waals surface area contributed by atoms with Crippen molar-refractivity contribution in [3.63, 3.8) is 0 Å². The minimum atomic E-state index is -3.02. The normalized spacial score (nSPS) is 19.5. The molecule has 0 radical (unpaired) electrons. The van der Waals surface area contributed by atoms with E-state index in [2.05, 4.69) is 0 Å². The first-order valence-electron chi connectivity index (χ1n) is 7.95. The molecule has 1 saturated heterocycles. The summed E-state index contributed by atoms with van der Waals surface area (Å²) in [6.07, 6.45) is 2.14. The van der Waals surface area contributed by atoms with Crippen molar-refractivity contribution in [3.05, 3.63) is 47.2 Å². The van der Waals surface area contributed by atoms with Crippen LogP contribution in [0.2, 0.25) is 0 Å². The van der Waals surface area contributed by atoms with Gasteiger partial charge in [-0.05, 0) is 38.5 Å². The van der Waals surface area contributed by atoms with Gasteiger partial charge in [-0.15, -0.1) is 0 Å². The van der Waals surface area contributed by atoms with Gasteiger partial charge < -0.3 is 13.9 Å². The number of aryl methyl sites for hydroxylation is 1. The van der Waals surface area contributed by atoms with E-state index in [1.54, 1.807) is 18.2 Å². The van der Waals surface area contributed by atoms with Crippen LogP contribution in [-0.4, -0.2) is 48.4 Å². The molecule has 0 saturated carbocycles. The number of nitrogens with zero attached hydrogens (tertiary/aromatic N) is 2. The number of amides is 1. The Morgan fingerprint density at radius 2 is 2.17 bits per heavy atom. The summed E-state index contributed by atoms with van der Waals surface area (Å²) in [7, 11) is -1.33. The van der Waals surface area contributed by atoms with Crippen LogP contribution in [0.3, 0.4) is 0 Å². The van der Waals surface area contributed by atoms with Gasteiger partial charge in [-0.1, -0.05) is 0 Å². The molecule has 0 aliphatic carbocycles. The molecule has 2 aromatic rings. The maximum atomic E-state index is 12.8. The first kappa shape index (κ1) is 16.8. The number of furan rings is 1. The number of sulfone groups is 1. The lowest BCUT2D eigenvalue weighted by Crippen LogP contribution is -2.38. The van der Waals surface area contributed by atoms with E-state index in [9.17, 15) is 13.2 Å². The highest BCUT2D eigenvalue weighted by molar-refractivity contribution is 7.91. The molecule has 6 nitrogen and oxygen atoms in total. The highest BCUT2D eigenvalue weighted by Gasteiger charge is 2.33. The van der Waals surface area contributed by atoms with Crippen LogP contribution in [0.25, 0.3) is 0 Å². The van der Waals surface area contributed by atoms with Gasteiger partial charge in [-0.2, -0.15) is 0 Å². The molecule has 24 heavy (non-hydrogen) atoms. The van der Waals surface area contributed by atoms with Crippen LogP contribution in [0.15, 0.2) is 28.9 Å². The van der Waals surface area contributed by atoms with Crippen molar-refractivity contribution in [2.24, 2.45) is 0 Å². The van der Waals surface area contributed by atoms with Gasteiger partial charge in [0.05, 0.1) is 29.9 Å². The maximum absolute atomic E-state index is 12.8. The Morgan fingerprint density at radius 1 is 1.42 bits per heavy atom. The Balaban J connectivity index is 1.83. The number of carbonyl (C=O) groups excluding carboxylic acids is 1. The van der Waals surface area contributed by atoms with Crippen molar-refractivity contribution in [1.29, 1.82) is 0 Å². The third-order valence-electron chi connectivity index (χ3n) is 4.77. The molecule has 1 amide bonds. The molecule has 0 aromatic carbocycles. The summed E-state index contributed by atoms with van der Waals surface area (Å²) < 4.78 is 30.7. The second-order valence-corrected chi connectivity index (χ2v) is 8.65. The number of hydrogen-bond donors (Lipinski definition) is 0. The van der Waals surface area contributed by atoms with Crippen LogP contribution in [0.1, 0.15) is 33.9 Å². The highest BCUT2D eigenvalue weighted by Crippen LogP contribution is 2.22. The summed E-state index contributed by atoms with van der Waals surface area (Å²) in [5.74, 6) is 0.912. The van der Waals surface area contributed by atoms with Crippen molar-refractivity contribution in [3.8, 4) is 0 Å². The molecule has 3 heterocycles. The number of hydrogen-bond acceptors (Lipinski definition) is 4. The van der Waals surface area contributed by atoms with Crippen LogP contribution < -0.4 is 0 Å². The van der Waals surface area contributed by atoms with E-state index >= 15 is 0 Å². The Bertz CT molecular complexity index is 850. The molecular weight excluding hydrogens is 328 g/mol. The topological polar surface area (TPSA) is 72.5 Å². The average Bonchev–Trinajstić information content (AvgIpc) is 3.22. The van der Waals surface area contributed by atoms with Gasteiger partial charge in [0.1, 0.15) is 5.76 Å². The summed E-state index contributed by atoms with van der Waals surface area (Å²) in [6, 6.07) is 5.36. The average molecular weight is 350 g/mol. The molecule has 1 aliphatic heterocycles. The lowest BCUT2D eigenvalue weighted by molar-refractivity contribution is 0.0747. The largest absolute Gasteiger partial charge is 0.467 e. The molecule has 2 aromatic heterocycles. The zero-order valence-electron chi connectivity index (χ0n) is 14.2. The van der Waals surface area contributed by atoms with E-state index in [4.69, 9.17) is 4.42 Å².